The lowest BCUT2D eigenvalue weighted by atomic mass is 9.99. The molecule has 4 aromatic rings. The summed E-state index contributed by atoms with van der Waals surface area (Å²) in [4.78, 5) is 27.4. The number of nitrogens with one attached hydrogen (secondary N) is 2. The predicted molar refractivity (Wildman–Crippen MR) is 173 cm³/mol. The Hall–Kier alpha value is -3.77. The van der Waals surface area contributed by atoms with Crippen LogP contribution in [0.1, 0.15) is 66.8 Å². The summed E-state index contributed by atoms with van der Waals surface area (Å²) in [6, 6.07) is 23.7. The van der Waals surface area contributed by atoms with Crippen LogP contribution < -0.4 is 10.8 Å². The molecule has 12 heteroatoms. The third-order valence-corrected chi connectivity index (χ3v) is 8.63. The van der Waals surface area contributed by atoms with Gasteiger partial charge < -0.3 is 24.5 Å². The molecule has 0 saturated carbocycles. The van der Waals surface area contributed by atoms with Crippen LogP contribution in [0.15, 0.2) is 79.1 Å². The van der Waals surface area contributed by atoms with Crippen LogP contribution in [0.3, 0.4) is 0 Å². The van der Waals surface area contributed by atoms with Gasteiger partial charge in [-0.25, -0.2) is 10.5 Å². The number of halogens is 2. The molecule has 46 heavy (non-hydrogen) atoms. The Bertz CT molecular complexity index is 1610. The number of ether oxygens (including phenoxy) is 2. The lowest BCUT2D eigenvalue weighted by Gasteiger charge is -2.36. The second kappa shape index (κ2) is 16.2. The van der Waals surface area contributed by atoms with Crippen molar-refractivity contribution in [2.45, 2.75) is 70.3 Å². The van der Waals surface area contributed by atoms with Gasteiger partial charge in [0.25, 0.3) is 0 Å². The van der Waals surface area contributed by atoms with Gasteiger partial charge in [0.1, 0.15) is 5.15 Å². The molecule has 1 saturated heterocycles. The van der Waals surface area contributed by atoms with Gasteiger partial charge in [-0.15, -0.1) is 0 Å². The first-order valence-corrected chi connectivity index (χ1v) is 15.8. The van der Waals surface area contributed by atoms with Gasteiger partial charge in [-0.3, -0.25) is 14.8 Å². The molecule has 0 aliphatic carbocycles. The minimum absolute atomic E-state index is 0.0288. The van der Waals surface area contributed by atoms with Gasteiger partial charge in [0.15, 0.2) is 11.4 Å². The summed E-state index contributed by atoms with van der Waals surface area (Å²) in [6.07, 6.45) is 2.63. The normalized spacial score (nSPS) is 17.9. The number of carbonyl (C=O) groups excluding carboxylic acids is 2. The van der Waals surface area contributed by atoms with E-state index in [0.29, 0.717) is 43.9 Å². The van der Waals surface area contributed by atoms with Crippen molar-refractivity contribution in [3.63, 3.8) is 0 Å². The standard InChI is InChI=1S/C34H36Cl2N4O6/c35-32-33(36)40(21-38-32)19-28-17-29(25-10-8-22(20-41)9-11-25)46-34(45-28)26-14-12-24(13-15-26)27-5-3-4-23(16-27)18-37-30(42)6-1-2-7-31(43)39-44/h3-5,8-16,21,28-29,34,41,44H,1-2,6-7,17-20H2,(H,37,42)(H,39,43)/t28-,29+,34+/m0/s1. The van der Waals surface area contributed by atoms with Crippen LogP contribution in [0.4, 0.5) is 0 Å². The van der Waals surface area contributed by atoms with Crippen LogP contribution >= 0.6 is 23.2 Å². The van der Waals surface area contributed by atoms with E-state index in [2.05, 4.69) is 10.3 Å². The summed E-state index contributed by atoms with van der Waals surface area (Å²) in [5, 5.41) is 21.5. The summed E-state index contributed by atoms with van der Waals surface area (Å²) in [5.41, 5.74) is 7.24. The van der Waals surface area contributed by atoms with Gasteiger partial charge in [0, 0.05) is 31.4 Å². The van der Waals surface area contributed by atoms with Gasteiger partial charge in [-0.1, -0.05) is 89.9 Å². The summed E-state index contributed by atoms with van der Waals surface area (Å²) in [7, 11) is 0. The molecule has 242 valence electrons. The summed E-state index contributed by atoms with van der Waals surface area (Å²) < 4.78 is 14.7. The Morgan fingerprint density at radius 2 is 1.61 bits per heavy atom. The predicted octanol–water partition coefficient (Wildman–Crippen LogP) is 6.28. The molecular weight excluding hydrogens is 631 g/mol. The van der Waals surface area contributed by atoms with E-state index in [1.807, 2.05) is 72.8 Å². The lowest BCUT2D eigenvalue weighted by Crippen LogP contribution is -2.32. The first-order chi connectivity index (χ1) is 22.3. The molecule has 3 atom stereocenters. The SMILES string of the molecule is O=C(CCCCC(=O)NCc1cccc(-c2ccc([C@@H]3O[C@H](Cn4cnc(Cl)c4Cl)C[C@H](c4ccc(CO)cc4)O3)cc2)c1)NO. The zero-order valence-electron chi connectivity index (χ0n) is 25.1. The number of unbranched alkanes of at least 4 members (excludes halogenated alkanes) is 1. The number of hydrogen-bond acceptors (Lipinski definition) is 7. The maximum Gasteiger partial charge on any atom is 0.243 e. The molecule has 2 heterocycles. The fourth-order valence-corrected chi connectivity index (χ4v) is 5.65. The first-order valence-electron chi connectivity index (χ1n) is 15.1. The molecular formula is C34H36Cl2N4O6. The number of nitrogens with zero attached hydrogens (tertiary/aromatic N) is 2. The highest BCUT2D eigenvalue weighted by Gasteiger charge is 2.33. The number of aliphatic hydroxyl groups is 1. The van der Waals surface area contributed by atoms with Crippen molar-refractivity contribution in [1.82, 2.24) is 20.3 Å². The number of aromatic nitrogens is 2. The summed E-state index contributed by atoms with van der Waals surface area (Å²) in [6.45, 7) is 0.810. The molecule has 1 fully saturated rings. The van der Waals surface area contributed by atoms with E-state index in [9.17, 15) is 14.7 Å². The maximum atomic E-state index is 12.2. The number of imidazole rings is 1. The first kappa shape index (κ1) is 33.6. The van der Waals surface area contributed by atoms with E-state index in [4.69, 9.17) is 37.9 Å². The van der Waals surface area contributed by atoms with Crippen molar-refractivity contribution < 1.29 is 29.4 Å². The minimum atomic E-state index is -0.632. The van der Waals surface area contributed by atoms with Crippen LogP contribution in [0.25, 0.3) is 11.1 Å². The fourth-order valence-electron chi connectivity index (χ4n) is 5.33. The number of hydrogen-bond donors (Lipinski definition) is 4. The Labute approximate surface area is 277 Å². The van der Waals surface area contributed by atoms with Crippen molar-refractivity contribution >= 4 is 35.0 Å². The number of benzene rings is 3. The third kappa shape index (κ3) is 8.94. The molecule has 1 aliphatic heterocycles. The van der Waals surface area contributed by atoms with E-state index in [1.54, 1.807) is 16.4 Å². The van der Waals surface area contributed by atoms with E-state index < -0.39 is 12.2 Å². The number of rotatable bonds is 13. The maximum absolute atomic E-state index is 12.2. The van der Waals surface area contributed by atoms with E-state index in [0.717, 1.165) is 33.4 Å². The second-order valence-electron chi connectivity index (χ2n) is 11.2. The topological polar surface area (TPSA) is 135 Å². The molecule has 1 aromatic heterocycles. The average Bonchev–Trinajstić information content (AvgIpc) is 3.41. The van der Waals surface area contributed by atoms with Gasteiger partial charge in [0.2, 0.25) is 11.8 Å². The summed E-state index contributed by atoms with van der Waals surface area (Å²) >= 11 is 12.4. The molecule has 0 spiro atoms. The van der Waals surface area contributed by atoms with Gasteiger partial charge in [0.05, 0.1) is 31.7 Å². The summed E-state index contributed by atoms with van der Waals surface area (Å²) in [5.74, 6) is -0.546. The monoisotopic (exact) mass is 666 g/mol. The van der Waals surface area contributed by atoms with Crippen molar-refractivity contribution in [1.29, 1.82) is 0 Å². The molecule has 0 bridgehead atoms. The molecule has 0 radical (unpaired) electrons. The molecule has 0 unspecified atom stereocenters. The van der Waals surface area contributed by atoms with Crippen molar-refractivity contribution in [2.75, 3.05) is 0 Å². The number of hydroxylamine groups is 1. The van der Waals surface area contributed by atoms with Crippen LogP contribution in [0, 0.1) is 0 Å². The zero-order chi connectivity index (χ0) is 32.5. The highest BCUT2D eigenvalue weighted by atomic mass is 35.5. The highest BCUT2D eigenvalue weighted by molar-refractivity contribution is 6.40. The molecule has 1 aliphatic rings. The largest absolute Gasteiger partial charge is 0.392 e. The molecule has 2 amide bonds. The van der Waals surface area contributed by atoms with Crippen molar-refractivity contribution in [3.8, 4) is 11.1 Å². The van der Waals surface area contributed by atoms with Gasteiger partial charge in [-0.2, -0.15) is 0 Å². The van der Waals surface area contributed by atoms with Crippen LogP contribution in [-0.2, 0) is 38.8 Å². The smallest absolute Gasteiger partial charge is 0.243 e. The molecule has 4 N–H and O–H groups in total. The van der Waals surface area contributed by atoms with Crippen LogP contribution in [0.2, 0.25) is 10.3 Å². The van der Waals surface area contributed by atoms with E-state index in [1.165, 1.54) is 0 Å². The Morgan fingerprint density at radius 3 is 2.28 bits per heavy atom. The third-order valence-electron chi connectivity index (χ3n) is 7.86. The van der Waals surface area contributed by atoms with E-state index in [-0.39, 0.29) is 36.3 Å². The zero-order valence-corrected chi connectivity index (χ0v) is 26.6. The molecule has 3 aromatic carbocycles. The van der Waals surface area contributed by atoms with Crippen molar-refractivity contribution in [3.05, 3.63) is 112 Å². The Balaban J connectivity index is 1.24. The van der Waals surface area contributed by atoms with Gasteiger partial charge in [-0.05, 0) is 46.7 Å². The second-order valence-corrected chi connectivity index (χ2v) is 11.9. The fraction of sp³-hybridized carbons (Fsp3) is 0.324. The minimum Gasteiger partial charge on any atom is -0.392 e. The average molecular weight is 668 g/mol. The van der Waals surface area contributed by atoms with Crippen LogP contribution in [0.5, 0.6) is 0 Å². The molecule has 10 nitrogen and oxygen atoms in total. The Morgan fingerprint density at radius 1 is 0.891 bits per heavy atom. The van der Waals surface area contributed by atoms with E-state index >= 15 is 0 Å². The molecule has 5 rings (SSSR count). The number of aliphatic hydroxyl groups excluding tert-OH is 1. The van der Waals surface area contributed by atoms with Crippen molar-refractivity contribution in [2.24, 2.45) is 0 Å². The number of carbonyl (C=O) groups is 2. The van der Waals surface area contributed by atoms with Crippen LogP contribution in [-0.4, -0.2) is 37.8 Å². The van der Waals surface area contributed by atoms with Gasteiger partial charge >= 0.3 is 0 Å². The quantitative estimate of drug-likeness (QED) is 0.0750. The number of amides is 2. The Kier molecular flexibility index (Phi) is 11.8. The lowest BCUT2D eigenvalue weighted by molar-refractivity contribution is -0.252. The highest BCUT2D eigenvalue weighted by Crippen LogP contribution is 2.39.